The lowest BCUT2D eigenvalue weighted by atomic mass is 10.2. The molecular weight excluding hydrogens is 262 g/mol. The number of nitrogens with two attached hydrogens (primary N) is 1. The van der Waals surface area contributed by atoms with Crippen LogP contribution in [0.3, 0.4) is 0 Å². The highest BCUT2D eigenvalue weighted by Gasteiger charge is 2.26. The predicted octanol–water partition coefficient (Wildman–Crippen LogP) is 1.59. The molecule has 7 heteroatoms. The van der Waals surface area contributed by atoms with E-state index in [2.05, 4.69) is 40.2 Å². The standard InChI is InChI=1S/C12H17N5OS/c1-7-6-18-8(2)5-17(7)10-9-3-4-19-11(9)15-12(14-10)16-13/h3-4,7-8H,5-6,13H2,1-2H3,(H,14,15,16). The molecule has 3 rings (SSSR count). The van der Waals surface area contributed by atoms with Gasteiger partial charge in [-0.05, 0) is 25.3 Å². The topological polar surface area (TPSA) is 76.3 Å². The Morgan fingerprint density at radius 2 is 2.32 bits per heavy atom. The van der Waals surface area contributed by atoms with E-state index in [1.807, 2.05) is 5.38 Å². The van der Waals surface area contributed by atoms with Crippen LogP contribution in [0.5, 0.6) is 0 Å². The smallest absolute Gasteiger partial charge is 0.240 e. The first-order valence-electron chi connectivity index (χ1n) is 6.29. The molecular formula is C12H17N5OS. The van der Waals surface area contributed by atoms with Gasteiger partial charge in [-0.2, -0.15) is 4.98 Å². The number of hydrogen-bond donors (Lipinski definition) is 2. The van der Waals surface area contributed by atoms with E-state index in [0.29, 0.717) is 18.6 Å². The van der Waals surface area contributed by atoms with Crippen LogP contribution in [-0.2, 0) is 4.74 Å². The molecule has 0 spiro atoms. The maximum absolute atomic E-state index is 5.67. The summed E-state index contributed by atoms with van der Waals surface area (Å²) in [6.45, 7) is 5.75. The molecule has 3 heterocycles. The van der Waals surface area contributed by atoms with Gasteiger partial charge in [-0.15, -0.1) is 11.3 Å². The quantitative estimate of drug-likeness (QED) is 0.642. The van der Waals surface area contributed by atoms with Crippen LogP contribution in [0.15, 0.2) is 11.4 Å². The zero-order valence-electron chi connectivity index (χ0n) is 11.0. The molecule has 102 valence electrons. The Hall–Kier alpha value is -1.44. The number of anilines is 2. The average Bonchev–Trinajstić information content (AvgIpc) is 2.88. The zero-order valence-corrected chi connectivity index (χ0v) is 11.8. The molecule has 0 saturated carbocycles. The Morgan fingerprint density at radius 3 is 3.11 bits per heavy atom. The molecule has 0 bridgehead atoms. The summed E-state index contributed by atoms with van der Waals surface area (Å²) in [5.41, 5.74) is 2.54. The average molecular weight is 279 g/mol. The number of fused-ring (bicyclic) bond motifs is 1. The molecule has 6 nitrogen and oxygen atoms in total. The lowest BCUT2D eigenvalue weighted by Gasteiger charge is -2.38. The number of aromatic nitrogens is 2. The third kappa shape index (κ3) is 2.24. The summed E-state index contributed by atoms with van der Waals surface area (Å²) in [7, 11) is 0. The molecule has 1 fully saturated rings. The van der Waals surface area contributed by atoms with Gasteiger partial charge in [0, 0.05) is 6.54 Å². The first-order valence-corrected chi connectivity index (χ1v) is 7.17. The summed E-state index contributed by atoms with van der Waals surface area (Å²) in [4.78, 5) is 12.1. The Bertz CT molecular complexity index is 587. The minimum absolute atomic E-state index is 0.203. The second kappa shape index (κ2) is 4.92. The highest BCUT2D eigenvalue weighted by molar-refractivity contribution is 7.16. The van der Waals surface area contributed by atoms with Crippen molar-refractivity contribution < 1.29 is 4.74 Å². The van der Waals surface area contributed by atoms with Gasteiger partial charge >= 0.3 is 0 Å². The number of nitrogens with one attached hydrogen (secondary N) is 1. The second-order valence-corrected chi connectivity index (χ2v) is 5.69. The molecule has 2 unspecified atom stereocenters. The first kappa shape index (κ1) is 12.6. The maximum atomic E-state index is 5.67. The minimum Gasteiger partial charge on any atom is -0.375 e. The third-order valence-electron chi connectivity index (χ3n) is 3.31. The number of nitrogens with zero attached hydrogens (tertiary/aromatic N) is 3. The van der Waals surface area contributed by atoms with Crippen molar-refractivity contribution in [2.24, 2.45) is 5.84 Å². The normalized spacial score (nSPS) is 23.8. The molecule has 0 radical (unpaired) electrons. The molecule has 0 aliphatic carbocycles. The summed E-state index contributed by atoms with van der Waals surface area (Å²) in [6.07, 6.45) is 0.203. The molecule has 1 aliphatic heterocycles. The number of ether oxygens (including phenoxy) is 1. The molecule has 0 aromatic carbocycles. The molecule has 1 saturated heterocycles. The van der Waals surface area contributed by atoms with Gasteiger partial charge in [0.25, 0.3) is 0 Å². The van der Waals surface area contributed by atoms with Crippen molar-refractivity contribution in [2.75, 3.05) is 23.5 Å². The van der Waals surface area contributed by atoms with Crippen molar-refractivity contribution in [1.82, 2.24) is 9.97 Å². The largest absolute Gasteiger partial charge is 0.375 e. The molecule has 2 atom stereocenters. The van der Waals surface area contributed by atoms with E-state index in [1.165, 1.54) is 0 Å². The summed E-state index contributed by atoms with van der Waals surface area (Å²) in [5, 5.41) is 3.10. The molecule has 2 aromatic heterocycles. The SMILES string of the molecule is CC1CN(c2nc(NN)nc3sccc23)C(C)CO1. The van der Waals surface area contributed by atoms with Crippen molar-refractivity contribution in [3.8, 4) is 0 Å². The predicted molar refractivity (Wildman–Crippen MR) is 77.4 cm³/mol. The number of rotatable bonds is 2. The maximum Gasteiger partial charge on any atom is 0.240 e. The Kier molecular flexibility index (Phi) is 3.26. The Labute approximate surface area is 115 Å². The van der Waals surface area contributed by atoms with Gasteiger partial charge in [-0.25, -0.2) is 10.8 Å². The van der Waals surface area contributed by atoms with Crippen LogP contribution in [0, 0.1) is 0 Å². The highest BCUT2D eigenvalue weighted by Crippen LogP contribution is 2.31. The lowest BCUT2D eigenvalue weighted by molar-refractivity contribution is 0.0342. The fourth-order valence-electron chi connectivity index (χ4n) is 2.32. The van der Waals surface area contributed by atoms with Crippen LogP contribution in [-0.4, -0.2) is 35.3 Å². The summed E-state index contributed by atoms with van der Waals surface area (Å²) < 4.78 is 5.67. The highest BCUT2D eigenvalue weighted by atomic mass is 32.1. The second-order valence-electron chi connectivity index (χ2n) is 4.80. The monoisotopic (exact) mass is 279 g/mol. The zero-order chi connectivity index (χ0) is 13.4. The van der Waals surface area contributed by atoms with Gasteiger partial charge in [-0.3, -0.25) is 5.43 Å². The van der Waals surface area contributed by atoms with Gasteiger partial charge in [0.05, 0.1) is 24.1 Å². The van der Waals surface area contributed by atoms with Crippen LogP contribution in [0.2, 0.25) is 0 Å². The first-order chi connectivity index (χ1) is 9.19. The van der Waals surface area contributed by atoms with Crippen molar-refractivity contribution in [3.63, 3.8) is 0 Å². The van der Waals surface area contributed by atoms with Gasteiger partial charge in [0.15, 0.2) is 0 Å². The van der Waals surface area contributed by atoms with Crippen LogP contribution in [0.1, 0.15) is 13.8 Å². The van der Waals surface area contributed by atoms with Gasteiger partial charge in [-0.1, -0.05) is 0 Å². The number of hydrogen-bond acceptors (Lipinski definition) is 7. The van der Waals surface area contributed by atoms with Crippen LogP contribution >= 0.6 is 11.3 Å². The number of nitrogen functional groups attached to an aromatic ring is 1. The van der Waals surface area contributed by atoms with Crippen molar-refractivity contribution >= 4 is 33.3 Å². The lowest BCUT2D eigenvalue weighted by Crippen LogP contribution is -2.48. The molecule has 19 heavy (non-hydrogen) atoms. The minimum atomic E-state index is 0.203. The Balaban J connectivity index is 2.09. The van der Waals surface area contributed by atoms with Crippen LogP contribution in [0.4, 0.5) is 11.8 Å². The van der Waals surface area contributed by atoms with E-state index in [1.54, 1.807) is 11.3 Å². The number of hydrazine groups is 1. The van der Waals surface area contributed by atoms with E-state index < -0.39 is 0 Å². The van der Waals surface area contributed by atoms with Crippen molar-refractivity contribution in [3.05, 3.63) is 11.4 Å². The summed E-state index contributed by atoms with van der Waals surface area (Å²) >= 11 is 1.59. The number of thiophene rings is 1. The number of morpholine rings is 1. The summed E-state index contributed by atoms with van der Waals surface area (Å²) in [6, 6.07) is 2.35. The summed E-state index contributed by atoms with van der Waals surface area (Å²) in [5.74, 6) is 6.84. The van der Waals surface area contributed by atoms with Crippen molar-refractivity contribution in [1.29, 1.82) is 0 Å². The van der Waals surface area contributed by atoms with Crippen molar-refractivity contribution in [2.45, 2.75) is 26.0 Å². The van der Waals surface area contributed by atoms with E-state index in [0.717, 1.165) is 22.6 Å². The van der Waals surface area contributed by atoms with E-state index >= 15 is 0 Å². The van der Waals surface area contributed by atoms with Crippen LogP contribution < -0.4 is 16.2 Å². The van der Waals surface area contributed by atoms with E-state index in [9.17, 15) is 0 Å². The fourth-order valence-corrected chi connectivity index (χ4v) is 3.08. The Morgan fingerprint density at radius 1 is 1.47 bits per heavy atom. The van der Waals surface area contributed by atoms with Gasteiger partial charge in [0.2, 0.25) is 5.95 Å². The van der Waals surface area contributed by atoms with E-state index in [4.69, 9.17) is 10.6 Å². The van der Waals surface area contributed by atoms with E-state index in [-0.39, 0.29) is 6.10 Å². The molecule has 0 amide bonds. The fraction of sp³-hybridized carbons (Fsp3) is 0.500. The molecule has 2 aromatic rings. The third-order valence-corrected chi connectivity index (χ3v) is 4.12. The molecule has 1 aliphatic rings. The molecule has 3 N–H and O–H groups in total. The van der Waals surface area contributed by atoms with Gasteiger partial charge in [0.1, 0.15) is 10.6 Å². The van der Waals surface area contributed by atoms with Crippen LogP contribution in [0.25, 0.3) is 10.2 Å². The van der Waals surface area contributed by atoms with Gasteiger partial charge < -0.3 is 9.64 Å².